The molecule has 0 aromatic rings. The molecule has 0 amide bonds. The maximum absolute atomic E-state index is 8.84. The number of nitrogens with zero attached hydrogens (tertiary/aromatic N) is 3. The van der Waals surface area contributed by atoms with Crippen molar-refractivity contribution in [2.45, 2.75) is 12.8 Å². The van der Waals surface area contributed by atoms with Gasteiger partial charge in [0.15, 0.2) is 0 Å². The van der Waals surface area contributed by atoms with Crippen LogP contribution in [0.1, 0.15) is 12.8 Å². The van der Waals surface area contributed by atoms with Gasteiger partial charge in [-0.2, -0.15) is 15.6 Å². The van der Waals surface area contributed by atoms with E-state index in [1.807, 2.05) is 12.1 Å². The van der Waals surface area contributed by atoms with E-state index in [0.29, 0.717) is 25.9 Å². The highest BCUT2D eigenvalue weighted by Crippen LogP contribution is 1.86. The molecule has 4 nitrogen and oxygen atoms in total. The van der Waals surface area contributed by atoms with Crippen molar-refractivity contribution in [1.29, 1.82) is 10.5 Å². The van der Waals surface area contributed by atoms with Crippen LogP contribution in [-0.4, -0.2) is 23.4 Å². The summed E-state index contributed by atoms with van der Waals surface area (Å²) in [6, 6.07) is 3.78. The maximum Gasteiger partial charge on any atom is 0.0636 e. The van der Waals surface area contributed by atoms with Crippen molar-refractivity contribution in [2.24, 2.45) is 0 Å². The topological polar surface area (TPSA) is 71.1 Å². The second-order valence-corrected chi connectivity index (χ2v) is 1.77. The normalized spacial score (nSPS) is 8.80. The third-order valence-corrected chi connectivity index (χ3v) is 0.963. The van der Waals surface area contributed by atoms with Crippen LogP contribution in [0.2, 0.25) is 0 Å². The van der Waals surface area contributed by atoms with E-state index < -0.39 is 0 Å². The van der Waals surface area contributed by atoms with Gasteiger partial charge in [0.05, 0.1) is 25.0 Å². The van der Waals surface area contributed by atoms with Crippen molar-refractivity contribution < 1.29 is 5.21 Å². The molecule has 0 bridgehead atoms. The Bertz CT molecular complexity index is 137. The molecule has 54 valence electrons. The van der Waals surface area contributed by atoms with E-state index in [9.17, 15) is 0 Å². The molecule has 10 heavy (non-hydrogen) atoms. The lowest BCUT2D eigenvalue weighted by molar-refractivity contribution is -0.0869. The second kappa shape index (κ2) is 6.03. The number of hydrogen-bond acceptors (Lipinski definition) is 4. The third kappa shape index (κ3) is 5.04. The molecular weight excluding hydrogens is 130 g/mol. The summed E-state index contributed by atoms with van der Waals surface area (Å²) < 4.78 is 0. The Hall–Kier alpha value is -1.10. The van der Waals surface area contributed by atoms with E-state index in [0.717, 1.165) is 5.06 Å². The van der Waals surface area contributed by atoms with Gasteiger partial charge in [0, 0.05) is 13.1 Å². The minimum atomic E-state index is 0.294. The first-order valence-corrected chi connectivity index (χ1v) is 2.99. The summed E-state index contributed by atoms with van der Waals surface area (Å²) >= 11 is 0. The highest BCUT2D eigenvalue weighted by Gasteiger charge is 1.96. The summed E-state index contributed by atoms with van der Waals surface area (Å²) in [5.74, 6) is 0. The fourth-order valence-electron chi connectivity index (χ4n) is 0.470. The van der Waals surface area contributed by atoms with Gasteiger partial charge in [0.2, 0.25) is 0 Å². The van der Waals surface area contributed by atoms with Gasteiger partial charge in [-0.15, -0.1) is 0 Å². The van der Waals surface area contributed by atoms with Crippen molar-refractivity contribution in [3.63, 3.8) is 0 Å². The van der Waals surface area contributed by atoms with Gasteiger partial charge >= 0.3 is 0 Å². The lowest BCUT2D eigenvalue weighted by Crippen LogP contribution is -2.20. The van der Waals surface area contributed by atoms with Gasteiger partial charge in [-0.25, -0.2) is 0 Å². The van der Waals surface area contributed by atoms with Gasteiger partial charge in [-0.1, -0.05) is 0 Å². The van der Waals surface area contributed by atoms with Crippen LogP contribution in [0, 0.1) is 22.7 Å². The Morgan fingerprint density at radius 3 is 1.80 bits per heavy atom. The zero-order valence-electron chi connectivity index (χ0n) is 5.62. The average Bonchev–Trinajstić information content (AvgIpc) is 1.97. The van der Waals surface area contributed by atoms with Crippen LogP contribution in [0.5, 0.6) is 0 Å². The number of rotatable bonds is 4. The van der Waals surface area contributed by atoms with E-state index in [2.05, 4.69) is 0 Å². The fraction of sp³-hybridized carbons (Fsp3) is 0.667. The molecule has 0 radical (unpaired) electrons. The first-order valence-electron chi connectivity index (χ1n) is 2.99. The molecule has 0 aromatic carbocycles. The van der Waals surface area contributed by atoms with E-state index in [1.165, 1.54) is 0 Å². The predicted molar refractivity (Wildman–Crippen MR) is 33.8 cm³/mol. The standard InChI is InChI=1S/C6H9N3O/c7-3-1-5-9(10)6-2-4-8/h10H,1-2,5-6H2. The van der Waals surface area contributed by atoms with Crippen LogP contribution in [0.15, 0.2) is 0 Å². The summed E-state index contributed by atoms with van der Waals surface area (Å²) in [6.45, 7) is 0.635. The zero-order chi connectivity index (χ0) is 7.82. The SMILES string of the molecule is N#CCCN(O)CCC#N. The van der Waals surface area contributed by atoms with Crippen LogP contribution in [0.25, 0.3) is 0 Å². The van der Waals surface area contributed by atoms with E-state index in [-0.39, 0.29) is 0 Å². The van der Waals surface area contributed by atoms with Gasteiger partial charge in [-0.3, -0.25) is 0 Å². The Morgan fingerprint density at radius 2 is 1.50 bits per heavy atom. The largest absolute Gasteiger partial charge is 0.314 e. The Balaban J connectivity index is 3.20. The minimum absolute atomic E-state index is 0.294. The fourth-order valence-corrected chi connectivity index (χ4v) is 0.470. The lowest BCUT2D eigenvalue weighted by Gasteiger charge is -2.08. The highest BCUT2D eigenvalue weighted by atomic mass is 16.5. The third-order valence-electron chi connectivity index (χ3n) is 0.963. The molecule has 1 N–H and O–H groups in total. The summed E-state index contributed by atoms with van der Waals surface area (Å²) in [5.41, 5.74) is 0. The van der Waals surface area contributed by atoms with Crippen molar-refractivity contribution in [2.75, 3.05) is 13.1 Å². The number of nitriles is 2. The van der Waals surface area contributed by atoms with Crippen LogP contribution in [0.4, 0.5) is 0 Å². The van der Waals surface area contributed by atoms with E-state index in [4.69, 9.17) is 15.7 Å². The molecule has 4 heteroatoms. The molecule has 0 aliphatic rings. The summed E-state index contributed by atoms with van der Waals surface area (Å²) in [6.07, 6.45) is 0.587. The van der Waals surface area contributed by atoms with Crippen LogP contribution in [-0.2, 0) is 0 Å². The molecule has 0 rings (SSSR count). The van der Waals surface area contributed by atoms with Crippen LogP contribution in [0.3, 0.4) is 0 Å². The van der Waals surface area contributed by atoms with Gasteiger partial charge in [0.25, 0.3) is 0 Å². The zero-order valence-corrected chi connectivity index (χ0v) is 5.62. The molecule has 0 spiro atoms. The van der Waals surface area contributed by atoms with Crippen LogP contribution >= 0.6 is 0 Å². The number of hydroxylamine groups is 2. The quantitative estimate of drug-likeness (QED) is 0.576. The molecule has 0 aromatic heterocycles. The van der Waals surface area contributed by atoms with E-state index >= 15 is 0 Å². The Kier molecular flexibility index (Phi) is 5.36. The number of hydrogen-bond donors (Lipinski definition) is 1. The molecule has 0 unspecified atom stereocenters. The monoisotopic (exact) mass is 139 g/mol. The average molecular weight is 139 g/mol. The Labute approximate surface area is 59.9 Å². The van der Waals surface area contributed by atoms with Crippen molar-refractivity contribution in [3.8, 4) is 12.1 Å². The summed E-state index contributed by atoms with van der Waals surface area (Å²) in [4.78, 5) is 0. The first-order chi connectivity index (χ1) is 4.81. The Morgan fingerprint density at radius 1 is 1.10 bits per heavy atom. The van der Waals surface area contributed by atoms with Crippen molar-refractivity contribution in [3.05, 3.63) is 0 Å². The smallest absolute Gasteiger partial charge is 0.0636 e. The molecular formula is C6H9N3O. The first kappa shape index (κ1) is 8.90. The molecule has 0 atom stereocenters. The second-order valence-electron chi connectivity index (χ2n) is 1.77. The highest BCUT2D eigenvalue weighted by molar-refractivity contribution is 4.73. The molecule has 0 aliphatic heterocycles. The van der Waals surface area contributed by atoms with Crippen LogP contribution < -0.4 is 0 Å². The van der Waals surface area contributed by atoms with E-state index in [1.54, 1.807) is 0 Å². The molecule has 0 saturated heterocycles. The van der Waals surface area contributed by atoms with Crippen molar-refractivity contribution >= 4 is 0 Å². The predicted octanol–water partition coefficient (Wildman–Crippen LogP) is 0.505. The molecule has 0 fully saturated rings. The lowest BCUT2D eigenvalue weighted by atomic mass is 10.4. The molecule has 0 heterocycles. The molecule has 0 aliphatic carbocycles. The van der Waals surface area contributed by atoms with Crippen molar-refractivity contribution in [1.82, 2.24) is 5.06 Å². The molecule has 0 saturated carbocycles. The summed E-state index contributed by atoms with van der Waals surface area (Å²) in [7, 11) is 0. The van der Waals surface area contributed by atoms with Gasteiger partial charge < -0.3 is 5.21 Å². The van der Waals surface area contributed by atoms with Gasteiger partial charge in [0.1, 0.15) is 0 Å². The van der Waals surface area contributed by atoms with Gasteiger partial charge in [-0.05, 0) is 0 Å². The summed E-state index contributed by atoms with van der Waals surface area (Å²) in [5, 5.41) is 26.0. The minimum Gasteiger partial charge on any atom is -0.314 e. The maximum atomic E-state index is 8.84.